The van der Waals surface area contributed by atoms with E-state index in [0.29, 0.717) is 5.92 Å². The average Bonchev–Trinajstić information content (AvgIpc) is 3.23. The van der Waals surface area contributed by atoms with Crippen molar-refractivity contribution in [3.8, 4) is 0 Å². The van der Waals surface area contributed by atoms with Gasteiger partial charge in [-0.25, -0.2) is 4.98 Å². The van der Waals surface area contributed by atoms with Crippen LogP contribution in [0.3, 0.4) is 0 Å². The molecule has 5 nitrogen and oxygen atoms in total. The maximum Gasteiger partial charge on any atom is 0.265 e. The van der Waals surface area contributed by atoms with E-state index in [0.717, 1.165) is 41.8 Å². The van der Waals surface area contributed by atoms with E-state index in [1.165, 1.54) is 17.0 Å². The van der Waals surface area contributed by atoms with Crippen molar-refractivity contribution in [2.45, 2.75) is 18.8 Å². The van der Waals surface area contributed by atoms with E-state index in [1.807, 2.05) is 11.0 Å². The number of piperidine rings is 1. The van der Waals surface area contributed by atoms with Crippen LogP contribution in [0.2, 0.25) is 0 Å². The van der Waals surface area contributed by atoms with Crippen LogP contribution in [-0.4, -0.2) is 38.8 Å². The molecule has 0 unspecified atom stereocenters. The van der Waals surface area contributed by atoms with Crippen LogP contribution in [0, 0.1) is 0 Å². The first-order valence-corrected chi connectivity index (χ1v) is 8.30. The van der Waals surface area contributed by atoms with Crippen molar-refractivity contribution in [2.24, 2.45) is 0 Å². The number of H-pyrrole nitrogens is 1. The number of hydrogen-bond donors (Lipinski definition) is 1. The quantitative estimate of drug-likeness (QED) is 0.791. The van der Waals surface area contributed by atoms with E-state index in [-0.39, 0.29) is 5.91 Å². The highest BCUT2D eigenvalue weighted by atomic mass is 32.1. The Balaban J connectivity index is 1.46. The number of rotatable bonds is 2. The molecule has 4 heterocycles. The smallest absolute Gasteiger partial charge is 0.265 e. The molecular formula is C16H16N4OS. The number of hydrogen-bond acceptors (Lipinski definition) is 4. The molecule has 4 rings (SSSR count). The molecule has 1 aliphatic rings. The molecule has 0 bridgehead atoms. The zero-order valence-corrected chi connectivity index (χ0v) is 12.8. The van der Waals surface area contributed by atoms with Gasteiger partial charge in [-0.2, -0.15) is 0 Å². The molecule has 0 radical (unpaired) electrons. The molecule has 1 aliphatic heterocycles. The third-order valence-corrected chi connectivity index (χ3v) is 5.04. The Labute approximate surface area is 132 Å². The summed E-state index contributed by atoms with van der Waals surface area (Å²) >= 11 is 1.41. The van der Waals surface area contributed by atoms with Crippen molar-refractivity contribution in [2.75, 3.05) is 13.1 Å². The molecule has 1 fully saturated rings. The van der Waals surface area contributed by atoms with Crippen molar-refractivity contribution in [3.05, 3.63) is 46.7 Å². The number of carbonyl (C=O) groups is 1. The molecule has 0 aliphatic carbocycles. The van der Waals surface area contributed by atoms with E-state index < -0.39 is 0 Å². The van der Waals surface area contributed by atoms with Gasteiger partial charge in [-0.05, 0) is 31.0 Å². The molecule has 0 saturated carbocycles. The molecule has 0 aromatic carbocycles. The van der Waals surface area contributed by atoms with Gasteiger partial charge in [-0.15, -0.1) is 11.3 Å². The lowest BCUT2D eigenvalue weighted by Crippen LogP contribution is -2.37. The number of carbonyl (C=O) groups excluding carboxylic acids is 1. The zero-order chi connectivity index (χ0) is 14.9. The molecule has 3 aromatic heterocycles. The summed E-state index contributed by atoms with van der Waals surface area (Å²) in [7, 11) is 0. The van der Waals surface area contributed by atoms with Gasteiger partial charge in [0, 0.05) is 36.3 Å². The number of nitrogens with zero attached hydrogens (tertiary/aromatic N) is 3. The van der Waals surface area contributed by atoms with E-state index in [4.69, 9.17) is 0 Å². The standard InChI is InChI=1S/C16H16N4OS/c21-16(14-9-17-10-22-14)20-6-3-11(4-7-20)13-8-12-2-1-5-18-15(12)19-13/h1-2,5,8-11H,3-4,6-7H2,(H,18,19). The van der Waals surface area contributed by atoms with Gasteiger partial charge in [0.2, 0.25) is 0 Å². The highest BCUT2D eigenvalue weighted by Gasteiger charge is 2.26. The minimum atomic E-state index is 0.110. The van der Waals surface area contributed by atoms with Crippen molar-refractivity contribution < 1.29 is 4.79 Å². The third kappa shape index (κ3) is 2.39. The number of thiazole rings is 1. The Hall–Kier alpha value is -2.21. The van der Waals surface area contributed by atoms with Crippen LogP contribution in [-0.2, 0) is 0 Å². The molecule has 3 aromatic rings. The molecular weight excluding hydrogens is 296 g/mol. The van der Waals surface area contributed by atoms with Crippen LogP contribution in [0.15, 0.2) is 36.1 Å². The topological polar surface area (TPSA) is 61.9 Å². The fraction of sp³-hybridized carbons (Fsp3) is 0.312. The molecule has 112 valence electrons. The Morgan fingerprint density at radius 3 is 2.95 bits per heavy atom. The first kappa shape index (κ1) is 13.5. The molecule has 1 N–H and O–H groups in total. The minimum absolute atomic E-state index is 0.110. The van der Waals surface area contributed by atoms with Gasteiger partial charge < -0.3 is 9.88 Å². The molecule has 22 heavy (non-hydrogen) atoms. The summed E-state index contributed by atoms with van der Waals surface area (Å²) in [6, 6.07) is 6.22. The van der Waals surface area contributed by atoms with Crippen LogP contribution in [0.25, 0.3) is 11.0 Å². The third-order valence-electron chi connectivity index (χ3n) is 4.28. The Kier molecular flexibility index (Phi) is 3.38. The van der Waals surface area contributed by atoms with Gasteiger partial charge in [-0.1, -0.05) is 0 Å². The largest absolute Gasteiger partial charge is 0.343 e. The number of aromatic nitrogens is 3. The molecule has 0 spiro atoms. The van der Waals surface area contributed by atoms with Crippen molar-refractivity contribution in [1.29, 1.82) is 0 Å². The maximum absolute atomic E-state index is 12.3. The van der Waals surface area contributed by atoms with E-state index >= 15 is 0 Å². The van der Waals surface area contributed by atoms with Crippen LogP contribution in [0.5, 0.6) is 0 Å². The molecule has 0 atom stereocenters. The monoisotopic (exact) mass is 312 g/mol. The van der Waals surface area contributed by atoms with Gasteiger partial charge in [0.25, 0.3) is 5.91 Å². The lowest BCUT2D eigenvalue weighted by molar-refractivity contribution is 0.0717. The first-order chi connectivity index (χ1) is 10.8. The number of pyridine rings is 1. The number of aromatic amines is 1. The Morgan fingerprint density at radius 2 is 2.23 bits per heavy atom. The number of nitrogens with one attached hydrogen (secondary N) is 1. The maximum atomic E-state index is 12.3. The number of likely N-dealkylation sites (tertiary alicyclic amines) is 1. The molecule has 6 heteroatoms. The summed E-state index contributed by atoms with van der Waals surface area (Å²) < 4.78 is 0. The second-order valence-electron chi connectivity index (χ2n) is 5.60. The van der Waals surface area contributed by atoms with Crippen molar-refractivity contribution in [3.63, 3.8) is 0 Å². The summed E-state index contributed by atoms with van der Waals surface area (Å²) in [5.74, 6) is 0.582. The number of fused-ring (bicyclic) bond motifs is 1. The summed E-state index contributed by atoms with van der Waals surface area (Å²) in [5, 5.41) is 1.15. The van der Waals surface area contributed by atoms with E-state index in [9.17, 15) is 4.79 Å². The second kappa shape index (κ2) is 5.53. The van der Waals surface area contributed by atoms with Crippen LogP contribution in [0.4, 0.5) is 0 Å². The zero-order valence-electron chi connectivity index (χ0n) is 12.0. The van der Waals surface area contributed by atoms with Gasteiger partial charge >= 0.3 is 0 Å². The van der Waals surface area contributed by atoms with E-state index in [1.54, 1.807) is 17.9 Å². The Morgan fingerprint density at radius 1 is 1.36 bits per heavy atom. The highest BCUT2D eigenvalue weighted by Crippen LogP contribution is 2.30. The summed E-state index contributed by atoms with van der Waals surface area (Å²) in [5.41, 5.74) is 3.89. The van der Waals surface area contributed by atoms with Crippen molar-refractivity contribution >= 4 is 28.3 Å². The van der Waals surface area contributed by atoms with Crippen LogP contribution < -0.4 is 0 Å². The number of amides is 1. The van der Waals surface area contributed by atoms with E-state index in [2.05, 4.69) is 27.1 Å². The summed E-state index contributed by atoms with van der Waals surface area (Å²) in [4.78, 5) is 26.7. The first-order valence-electron chi connectivity index (χ1n) is 7.42. The SMILES string of the molecule is O=C(c1cncs1)N1CCC(c2cc3cccnc3[nH]2)CC1. The summed E-state index contributed by atoms with van der Waals surface area (Å²) in [6.07, 6.45) is 5.43. The normalized spacial score (nSPS) is 16.3. The van der Waals surface area contributed by atoms with Crippen molar-refractivity contribution in [1.82, 2.24) is 19.9 Å². The fourth-order valence-corrected chi connectivity index (χ4v) is 3.66. The lowest BCUT2D eigenvalue weighted by Gasteiger charge is -2.31. The average molecular weight is 312 g/mol. The molecule has 1 amide bonds. The molecule has 1 saturated heterocycles. The van der Waals surface area contributed by atoms with Crippen LogP contribution >= 0.6 is 11.3 Å². The van der Waals surface area contributed by atoms with Gasteiger partial charge in [0.1, 0.15) is 10.5 Å². The van der Waals surface area contributed by atoms with Crippen LogP contribution in [0.1, 0.15) is 34.1 Å². The Bertz CT molecular complexity index is 754. The highest BCUT2D eigenvalue weighted by molar-refractivity contribution is 7.11. The summed E-state index contributed by atoms with van der Waals surface area (Å²) in [6.45, 7) is 1.59. The second-order valence-corrected chi connectivity index (χ2v) is 6.48. The van der Waals surface area contributed by atoms with Gasteiger partial charge in [0.05, 0.1) is 11.7 Å². The fourth-order valence-electron chi connectivity index (χ4n) is 3.07. The van der Waals surface area contributed by atoms with Gasteiger partial charge in [-0.3, -0.25) is 9.78 Å². The predicted octanol–water partition coefficient (Wildman–Crippen LogP) is 3.04. The lowest BCUT2D eigenvalue weighted by atomic mass is 9.93. The van der Waals surface area contributed by atoms with Gasteiger partial charge in [0.15, 0.2) is 0 Å². The predicted molar refractivity (Wildman–Crippen MR) is 86.1 cm³/mol. The minimum Gasteiger partial charge on any atom is -0.343 e.